The number of likely N-dealkylation sites (tertiary alicyclic amines) is 1. The van der Waals surface area contributed by atoms with E-state index >= 15 is 0 Å². The summed E-state index contributed by atoms with van der Waals surface area (Å²) in [5.74, 6) is -0.605. The fourth-order valence-corrected chi connectivity index (χ4v) is 5.55. The average Bonchev–Trinajstić information content (AvgIpc) is 3.51. The topological polar surface area (TPSA) is 81.0 Å². The number of imidazole rings is 1. The Balaban J connectivity index is 1.42. The molecular formula is C26H29Cl2FN6O2. The van der Waals surface area contributed by atoms with Gasteiger partial charge < -0.3 is 9.74 Å². The van der Waals surface area contributed by atoms with Crippen LogP contribution in [-0.2, 0) is 0 Å². The molecule has 0 saturated carbocycles. The summed E-state index contributed by atoms with van der Waals surface area (Å²) in [5.41, 5.74) is 2.31. The Labute approximate surface area is 223 Å². The third-order valence-electron chi connectivity index (χ3n) is 6.91. The predicted octanol–water partition coefficient (Wildman–Crippen LogP) is 5.66. The van der Waals surface area contributed by atoms with E-state index in [1.54, 1.807) is 6.20 Å². The zero-order valence-corrected chi connectivity index (χ0v) is 22.3. The van der Waals surface area contributed by atoms with E-state index in [2.05, 4.69) is 26.9 Å². The van der Waals surface area contributed by atoms with Gasteiger partial charge >= 0.3 is 5.69 Å². The van der Waals surface area contributed by atoms with E-state index in [1.165, 1.54) is 18.6 Å². The summed E-state index contributed by atoms with van der Waals surface area (Å²) in [6, 6.07) is 4.81. The number of pyridine rings is 1. The van der Waals surface area contributed by atoms with Crippen LogP contribution in [0.3, 0.4) is 0 Å². The molecule has 1 N–H and O–H groups in total. The van der Waals surface area contributed by atoms with E-state index in [1.807, 2.05) is 30.1 Å². The number of rotatable bonds is 8. The summed E-state index contributed by atoms with van der Waals surface area (Å²) < 4.78 is 17.3. The molecule has 4 aromatic rings. The second kappa shape index (κ2) is 10.8. The number of aromatic amines is 1. The number of piperidine rings is 1. The van der Waals surface area contributed by atoms with Crippen molar-refractivity contribution in [3.05, 3.63) is 68.7 Å². The Kier molecular flexibility index (Phi) is 7.55. The van der Waals surface area contributed by atoms with Crippen LogP contribution in [0.25, 0.3) is 22.3 Å². The van der Waals surface area contributed by atoms with Gasteiger partial charge in [-0.3, -0.25) is 9.67 Å². The summed E-state index contributed by atoms with van der Waals surface area (Å²) in [6.45, 7) is 7.34. The molecule has 0 aliphatic carbocycles. The van der Waals surface area contributed by atoms with Crippen molar-refractivity contribution in [2.24, 2.45) is 0 Å². The number of halogens is 3. The second-order valence-electron chi connectivity index (χ2n) is 9.36. The zero-order chi connectivity index (χ0) is 26.1. The van der Waals surface area contributed by atoms with E-state index in [9.17, 15) is 9.18 Å². The van der Waals surface area contributed by atoms with Crippen LogP contribution in [0.1, 0.15) is 57.2 Å². The zero-order valence-electron chi connectivity index (χ0n) is 20.8. The molecule has 11 heteroatoms. The summed E-state index contributed by atoms with van der Waals surface area (Å²) in [4.78, 5) is 28.5. The molecule has 0 spiro atoms. The SMILES string of the molecule is CCCN1CCC(n2cc(-c3cnc4[nH]c(=O)n(OC(CC)c5c(Cl)ccc(F)c5Cl)c4c3)cn2)CC1. The fourth-order valence-electron chi connectivity index (χ4n) is 4.94. The lowest BCUT2D eigenvalue weighted by Gasteiger charge is -2.31. The van der Waals surface area contributed by atoms with E-state index in [4.69, 9.17) is 28.0 Å². The van der Waals surface area contributed by atoms with Gasteiger partial charge in [-0.15, -0.1) is 4.73 Å². The second-order valence-corrected chi connectivity index (χ2v) is 10.1. The van der Waals surface area contributed by atoms with Gasteiger partial charge in [-0.1, -0.05) is 37.0 Å². The van der Waals surface area contributed by atoms with Crippen molar-refractivity contribution < 1.29 is 9.23 Å². The lowest BCUT2D eigenvalue weighted by atomic mass is 10.1. The van der Waals surface area contributed by atoms with Crippen molar-refractivity contribution in [2.75, 3.05) is 19.6 Å². The number of fused-ring (bicyclic) bond motifs is 1. The van der Waals surface area contributed by atoms with Crippen LogP contribution < -0.4 is 10.5 Å². The molecule has 1 fully saturated rings. The number of H-pyrrole nitrogens is 1. The highest BCUT2D eigenvalue weighted by atomic mass is 35.5. The fraction of sp³-hybridized carbons (Fsp3) is 0.423. The smallest absolute Gasteiger partial charge is 0.360 e. The van der Waals surface area contributed by atoms with Crippen LogP contribution in [-0.4, -0.2) is 49.0 Å². The number of benzene rings is 1. The van der Waals surface area contributed by atoms with E-state index in [-0.39, 0.29) is 10.0 Å². The molecule has 0 bridgehead atoms. The van der Waals surface area contributed by atoms with Gasteiger partial charge in [-0.25, -0.2) is 14.2 Å². The van der Waals surface area contributed by atoms with E-state index in [0.717, 1.165) is 48.3 Å². The Morgan fingerprint density at radius 1 is 1.19 bits per heavy atom. The van der Waals surface area contributed by atoms with Crippen molar-refractivity contribution in [1.82, 2.24) is 29.4 Å². The Hall–Kier alpha value is -2.88. The van der Waals surface area contributed by atoms with Crippen molar-refractivity contribution in [3.8, 4) is 11.1 Å². The van der Waals surface area contributed by atoms with Gasteiger partial charge in [0.05, 0.1) is 17.3 Å². The van der Waals surface area contributed by atoms with Crippen LogP contribution in [0.2, 0.25) is 10.0 Å². The molecule has 1 aliphatic heterocycles. The molecule has 196 valence electrons. The average molecular weight is 547 g/mol. The minimum atomic E-state index is -0.752. The van der Waals surface area contributed by atoms with Gasteiger partial charge in [0.1, 0.15) is 11.3 Å². The van der Waals surface area contributed by atoms with Crippen LogP contribution in [0.4, 0.5) is 4.39 Å². The van der Waals surface area contributed by atoms with Crippen LogP contribution in [0, 0.1) is 5.82 Å². The Morgan fingerprint density at radius 2 is 1.97 bits per heavy atom. The molecule has 4 heterocycles. The molecule has 1 atom stereocenters. The van der Waals surface area contributed by atoms with Crippen LogP contribution in [0.15, 0.2) is 41.6 Å². The Bertz CT molecular complexity index is 1460. The molecule has 37 heavy (non-hydrogen) atoms. The van der Waals surface area contributed by atoms with Gasteiger partial charge in [0.25, 0.3) is 0 Å². The molecule has 1 aromatic carbocycles. The maximum Gasteiger partial charge on any atom is 0.360 e. The lowest BCUT2D eigenvalue weighted by Crippen LogP contribution is -2.35. The highest BCUT2D eigenvalue weighted by Crippen LogP contribution is 2.35. The van der Waals surface area contributed by atoms with Crippen LogP contribution in [0.5, 0.6) is 0 Å². The monoisotopic (exact) mass is 546 g/mol. The largest absolute Gasteiger partial charge is 0.401 e. The van der Waals surface area contributed by atoms with Gasteiger partial charge in [-0.05, 0) is 50.4 Å². The number of aromatic nitrogens is 5. The molecule has 1 aliphatic rings. The first-order valence-electron chi connectivity index (χ1n) is 12.6. The summed E-state index contributed by atoms with van der Waals surface area (Å²) in [7, 11) is 0. The summed E-state index contributed by atoms with van der Waals surface area (Å²) in [6.07, 6.45) is 8.49. The first-order valence-corrected chi connectivity index (χ1v) is 13.3. The number of hydrogen-bond donors (Lipinski definition) is 1. The molecule has 0 amide bonds. The standard InChI is InChI=1S/C26H29Cl2FN6O2/c1-3-9-33-10-7-18(8-11-33)34-15-17(14-31-34)16-12-21-25(30-13-16)32-26(36)35(21)37-22(4-2)23-19(27)5-6-20(29)24(23)28/h5-6,12-15,18,22H,3-4,7-11H2,1-2H3,(H,30,32,36). The maximum absolute atomic E-state index is 14.2. The molecule has 3 aromatic heterocycles. The Morgan fingerprint density at radius 3 is 2.70 bits per heavy atom. The maximum atomic E-state index is 14.2. The lowest BCUT2D eigenvalue weighted by molar-refractivity contribution is 0.0350. The molecule has 8 nitrogen and oxygen atoms in total. The molecule has 5 rings (SSSR count). The van der Waals surface area contributed by atoms with Gasteiger partial charge in [0.2, 0.25) is 0 Å². The third kappa shape index (κ3) is 5.12. The van der Waals surface area contributed by atoms with Crippen molar-refractivity contribution in [3.63, 3.8) is 0 Å². The molecule has 0 radical (unpaired) electrons. The highest BCUT2D eigenvalue weighted by molar-refractivity contribution is 6.36. The van der Waals surface area contributed by atoms with Crippen molar-refractivity contribution in [2.45, 2.75) is 51.7 Å². The third-order valence-corrected chi connectivity index (χ3v) is 7.62. The van der Waals surface area contributed by atoms with Gasteiger partial charge in [0.15, 0.2) is 11.8 Å². The van der Waals surface area contributed by atoms with E-state index < -0.39 is 17.6 Å². The number of nitrogens with zero attached hydrogens (tertiary/aromatic N) is 5. The van der Waals surface area contributed by atoms with Crippen molar-refractivity contribution >= 4 is 34.4 Å². The van der Waals surface area contributed by atoms with Crippen LogP contribution >= 0.6 is 23.2 Å². The van der Waals surface area contributed by atoms with Gasteiger partial charge in [-0.2, -0.15) is 5.10 Å². The summed E-state index contributed by atoms with van der Waals surface area (Å²) in [5, 5.41) is 4.76. The normalized spacial score (nSPS) is 15.9. The highest BCUT2D eigenvalue weighted by Gasteiger charge is 2.24. The molecule has 1 saturated heterocycles. The number of hydrogen-bond acceptors (Lipinski definition) is 5. The first-order chi connectivity index (χ1) is 17.9. The minimum absolute atomic E-state index is 0.126. The van der Waals surface area contributed by atoms with Gasteiger partial charge in [0, 0.05) is 47.2 Å². The van der Waals surface area contributed by atoms with E-state index in [0.29, 0.717) is 29.2 Å². The van der Waals surface area contributed by atoms with Crippen molar-refractivity contribution in [1.29, 1.82) is 0 Å². The molecular weight excluding hydrogens is 518 g/mol. The first kappa shape index (κ1) is 25.8. The minimum Gasteiger partial charge on any atom is -0.401 e. The number of nitrogens with one attached hydrogen (secondary N) is 1. The predicted molar refractivity (Wildman–Crippen MR) is 143 cm³/mol. The quantitative estimate of drug-likeness (QED) is 0.288. The summed E-state index contributed by atoms with van der Waals surface area (Å²) >= 11 is 12.5. The molecule has 1 unspecified atom stereocenters.